The van der Waals surface area contributed by atoms with Gasteiger partial charge in [-0.05, 0) is 11.6 Å². The summed E-state index contributed by atoms with van der Waals surface area (Å²) >= 11 is 0. The van der Waals surface area contributed by atoms with Crippen molar-refractivity contribution in [1.29, 1.82) is 0 Å². The number of hydrogen-bond acceptors (Lipinski definition) is 6. The van der Waals surface area contributed by atoms with Gasteiger partial charge in [-0.2, -0.15) is 5.10 Å². The number of hydrogen-bond donors (Lipinski definition) is 1. The second-order valence-electron chi connectivity index (χ2n) is 6.99. The van der Waals surface area contributed by atoms with Gasteiger partial charge >= 0.3 is 0 Å². The number of ether oxygens (including phenoxy) is 1. The van der Waals surface area contributed by atoms with E-state index in [1.54, 1.807) is 21.8 Å². The zero-order chi connectivity index (χ0) is 19.9. The van der Waals surface area contributed by atoms with Crippen molar-refractivity contribution in [2.45, 2.75) is 19.1 Å². The third kappa shape index (κ3) is 5.27. The van der Waals surface area contributed by atoms with E-state index in [1.807, 2.05) is 42.6 Å². The first-order chi connectivity index (χ1) is 14.3. The van der Waals surface area contributed by atoms with E-state index in [9.17, 15) is 4.79 Å². The SMILES string of the molecule is O=C(N[C@H](Cn1cccn1)c1ccccc1)c1cn(CCN2CCOCC2)nn1. The molecule has 1 aliphatic rings. The van der Waals surface area contributed by atoms with E-state index in [-0.39, 0.29) is 11.9 Å². The van der Waals surface area contributed by atoms with Gasteiger partial charge in [0.2, 0.25) is 0 Å². The van der Waals surface area contributed by atoms with Crippen LogP contribution in [0, 0.1) is 0 Å². The van der Waals surface area contributed by atoms with Crippen molar-refractivity contribution in [2.24, 2.45) is 0 Å². The van der Waals surface area contributed by atoms with Gasteiger partial charge in [0.15, 0.2) is 5.69 Å². The van der Waals surface area contributed by atoms with Crippen molar-refractivity contribution in [3.63, 3.8) is 0 Å². The highest BCUT2D eigenvalue weighted by atomic mass is 16.5. The lowest BCUT2D eigenvalue weighted by molar-refractivity contribution is 0.0359. The number of benzene rings is 1. The van der Waals surface area contributed by atoms with Crippen molar-refractivity contribution in [3.8, 4) is 0 Å². The maximum atomic E-state index is 12.8. The van der Waals surface area contributed by atoms with Gasteiger partial charge in [0.1, 0.15) is 0 Å². The molecule has 152 valence electrons. The molecule has 0 bridgehead atoms. The molecule has 2 aromatic heterocycles. The molecule has 9 heteroatoms. The Hall–Kier alpha value is -3.04. The van der Waals surface area contributed by atoms with Gasteiger partial charge in [-0.3, -0.25) is 19.1 Å². The smallest absolute Gasteiger partial charge is 0.274 e. The average Bonchev–Trinajstić information content (AvgIpc) is 3.45. The Labute approximate surface area is 169 Å². The highest BCUT2D eigenvalue weighted by Gasteiger charge is 2.19. The van der Waals surface area contributed by atoms with E-state index >= 15 is 0 Å². The van der Waals surface area contributed by atoms with Crippen molar-refractivity contribution in [1.82, 2.24) is 35.0 Å². The summed E-state index contributed by atoms with van der Waals surface area (Å²) < 4.78 is 8.88. The Morgan fingerprint density at radius 2 is 1.93 bits per heavy atom. The van der Waals surface area contributed by atoms with Crippen molar-refractivity contribution in [3.05, 3.63) is 66.2 Å². The highest BCUT2D eigenvalue weighted by Crippen LogP contribution is 2.15. The van der Waals surface area contributed by atoms with Crippen molar-refractivity contribution in [2.75, 3.05) is 32.8 Å². The van der Waals surface area contributed by atoms with Crippen LogP contribution in [0.25, 0.3) is 0 Å². The van der Waals surface area contributed by atoms with Gasteiger partial charge < -0.3 is 10.1 Å². The molecular weight excluding hydrogens is 370 g/mol. The first-order valence-electron chi connectivity index (χ1n) is 9.81. The first-order valence-corrected chi connectivity index (χ1v) is 9.81. The topological polar surface area (TPSA) is 90.1 Å². The quantitative estimate of drug-likeness (QED) is 0.612. The predicted molar refractivity (Wildman–Crippen MR) is 106 cm³/mol. The lowest BCUT2D eigenvalue weighted by Gasteiger charge is -2.26. The van der Waals surface area contributed by atoms with Crippen LogP contribution >= 0.6 is 0 Å². The third-order valence-electron chi connectivity index (χ3n) is 4.96. The Bertz CT molecular complexity index is 889. The second-order valence-corrected chi connectivity index (χ2v) is 6.99. The minimum absolute atomic E-state index is 0.220. The average molecular weight is 395 g/mol. The van der Waals surface area contributed by atoms with Gasteiger partial charge in [-0.15, -0.1) is 5.10 Å². The van der Waals surface area contributed by atoms with Crippen LogP contribution < -0.4 is 5.32 Å². The molecule has 0 aliphatic carbocycles. The lowest BCUT2D eigenvalue weighted by atomic mass is 10.1. The van der Waals surface area contributed by atoms with Gasteiger partial charge in [0, 0.05) is 32.0 Å². The van der Waals surface area contributed by atoms with E-state index in [0.717, 1.165) is 38.4 Å². The zero-order valence-corrected chi connectivity index (χ0v) is 16.2. The normalized spacial score (nSPS) is 15.9. The van der Waals surface area contributed by atoms with E-state index in [0.29, 0.717) is 18.8 Å². The number of nitrogens with one attached hydrogen (secondary N) is 1. The lowest BCUT2D eigenvalue weighted by Crippen LogP contribution is -2.38. The Balaban J connectivity index is 1.39. The molecule has 1 amide bonds. The van der Waals surface area contributed by atoms with E-state index in [2.05, 4.69) is 25.6 Å². The number of carbonyl (C=O) groups is 1. The molecule has 0 saturated carbocycles. The molecule has 9 nitrogen and oxygen atoms in total. The molecule has 1 saturated heterocycles. The first kappa shape index (κ1) is 19.3. The Morgan fingerprint density at radius 3 is 2.69 bits per heavy atom. The zero-order valence-electron chi connectivity index (χ0n) is 16.2. The molecule has 4 rings (SSSR count). The van der Waals surface area contributed by atoms with Crippen LogP contribution in [0.4, 0.5) is 0 Å². The molecule has 1 aromatic carbocycles. The minimum atomic E-state index is -0.247. The van der Waals surface area contributed by atoms with Crippen LogP contribution in [0.2, 0.25) is 0 Å². The monoisotopic (exact) mass is 395 g/mol. The molecule has 0 unspecified atom stereocenters. The molecule has 0 radical (unpaired) electrons. The third-order valence-corrected chi connectivity index (χ3v) is 4.96. The number of carbonyl (C=O) groups excluding carboxylic acids is 1. The molecule has 3 heterocycles. The predicted octanol–water partition coefficient (Wildman–Crippen LogP) is 0.978. The fourth-order valence-corrected chi connectivity index (χ4v) is 3.33. The molecule has 29 heavy (non-hydrogen) atoms. The number of morpholine rings is 1. The van der Waals surface area contributed by atoms with Gasteiger partial charge in [0.25, 0.3) is 5.91 Å². The molecular formula is C20H25N7O2. The second kappa shape index (κ2) is 9.44. The van der Waals surface area contributed by atoms with Crippen LogP contribution in [-0.4, -0.2) is 68.4 Å². The highest BCUT2D eigenvalue weighted by molar-refractivity contribution is 5.92. The van der Waals surface area contributed by atoms with Crippen molar-refractivity contribution >= 4 is 5.91 Å². The summed E-state index contributed by atoms with van der Waals surface area (Å²) in [5.74, 6) is -0.247. The van der Waals surface area contributed by atoms with E-state index in [4.69, 9.17) is 4.74 Å². The van der Waals surface area contributed by atoms with Crippen LogP contribution in [0.3, 0.4) is 0 Å². The fourth-order valence-electron chi connectivity index (χ4n) is 3.33. The van der Waals surface area contributed by atoms with Crippen molar-refractivity contribution < 1.29 is 9.53 Å². The Morgan fingerprint density at radius 1 is 1.10 bits per heavy atom. The molecule has 1 N–H and O–H groups in total. The van der Waals surface area contributed by atoms with Crippen LogP contribution in [0.15, 0.2) is 55.0 Å². The number of rotatable bonds is 8. The van der Waals surface area contributed by atoms with Crippen LogP contribution in [0.1, 0.15) is 22.1 Å². The standard InChI is InChI=1S/C20H25N7O2/c28-20(19-16-27(24-23-19)10-9-25-11-13-29-14-12-25)22-18(15-26-8-4-7-21-26)17-5-2-1-3-6-17/h1-8,16,18H,9-15H2,(H,22,28)/t18-/m1/s1. The van der Waals surface area contributed by atoms with Crippen LogP contribution in [0.5, 0.6) is 0 Å². The summed E-state index contributed by atoms with van der Waals surface area (Å²) in [6.45, 7) is 5.47. The van der Waals surface area contributed by atoms with Crippen LogP contribution in [-0.2, 0) is 17.8 Å². The Kier molecular flexibility index (Phi) is 6.28. The van der Waals surface area contributed by atoms with E-state index in [1.165, 1.54) is 0 Å². The molecule has 3 aromatic rings. The van der Waals surface area contributed by atoms with E-state index < -0.39 is 0 Å². The summed E-state index contributed by atoms with van der Waals surface area (Å²) in [6, 6.07) is 11.5. The van der Waals surface area contributed by atoms with Gasteiger partial charge in [0.05, 0.1) is 38.5 Å². The summed E-state index contributed by atoms with van der Waals surface area (Å²) in [7, 11) is 0. The van der Waals surface area contributed by atoms with Gasteiger partial charge in [-0.25, -0.2) is 0 Å². The maximum Gasteiger partial charge on any atom is 0.274 e. The minimum Gasteiger partial charge on any atom is -0.379 e. The summed E-state index contributed by atoms with van der Waals surface area (Å²) in [4.78, 5) is 15.1. The largest absolute Gasteiger partial charge is 0.379 e. The number of aromatic nitrogens is 5. The molecule has 1 atom stereocenters. The summed E-state index contributed by atoms with van der Waals surface area (Å²) in [5.41, 5.74) is 1.32. The molecule has 1 aliphatic heterocycles. The number of amides is 1. The fraction of sp³-hybridized carbons (Fsp3) is 0.400. The number of nitrogens with zero attached hydrogens (tertiary/aromatic N) is 6. The van der Waals surface area contributed by atoms with Gasteiger partial charge in [-0.1, -0.05) is 35.5 Å². The molecule has 1 fully saturated rings. The molecule has 0 spiro atoms. The maximum absolute atomic E-state index is 12.8. The summed E-state index contributed by atoms with van der Waals surface area (Å²) in [6.07, 6.45) is 5.31. The summed E-state index contributed by atoms with van der Waals surface area (Å²) in [5, 5.41) is 15.5.